The van der Waals surface area contributed by atoms with Gasteiger partial charge in [0.25, 0.3) is 5.91 Å². The Morgan fingerprint density at radius 1 is 0.759 bits per heavy atom. The topological polar surface area (TPSA) is 56.9 Å². The van der Waals surface area contributed by atoms with Gasteiger partial charge in [0.2, 0.25) is 0 Å². The lowest BCUT2D eigenvalue weighted by molar-refractivity contribution is -0.110. The molecule has 0 saturated carbocycles. The van der Waals surface area contributed by atoms with Crippen molar-refractivity contribution in [3.8, 4) is 11.1 Å². The monoisotopic (exact) mass is 377 g/mol. The zero-order valence-corrected chi connectivity index (χ0v) is 15.6. The minimum Gasteiger partial charge on any atom is -0.362 e. The highest BCUT2D eigenvalue weighted by atomic mass is 16.2. The first-order valence-corrected chi connectivity index (χ1v) is 9.50. The highest BCUT2D eigenvalue weighted by Crippen LogP contribution is 2.36. The van der Waals surface area contributed by atoms with Crippen LogP contribution in [0.1, 0.15) is 11.3 Å². The summed E-state index contributed by atoms with van der Waals surface area (Å²) in [5, 5.41) is 6.40. The molecule has 29 heavy (non-hydrogen) atoms. The maximum atomic E-state index is 12.4. The summed E-state index contributed by atoms with van der Waals surface area (Å²) in [5.74, 6) is -0.0853. The zero-order valence-electron chi connectivity index (χ0n) is 15.6. The van der Waals surface area contributed by atoms with Gasteiger partial charge in [-0.1, -0.05) is 42.5 Å². The van der Waals surface area contributed by atoms with Crippen molar-refractivity contribution < 1.29 is 4.79 Å². The Balaban J connectivity index is 1.46. The maximum Gasteiger partial charge on any atom is 0.256 e. The number of aromatic amines is 1. The van der Waals surface area contributed by atoms with E-state index in [2.05, 4.69) is 39.9 Å². The lowest BCUT2D eigenvalue weighted by atomic mass is 10.0. The van der Waals surface area contributed by atoms with E-state index in [-0.39, 0.29) is 5.91 Å². The molecule has 5 rings (SSSR count). The summed E-state index contributed by atoms with van der Waals surface area (Å²) in [4.78, 5) is 15.5. The van der Waals surface area contributed by atoms with Crippen LogP contribution in [0.4, 0.5) is 17.1 Å². The number of benzene rings is 3. The molecule has 0 spiro atoms. The van der Waals surface area contributed by atoms with Crippen molar-refractivity contribution in [2.75, 3.05) is 10.6 Å². The maximum absolute atomic E-state index is 12.4. The Kier molecular flexibility index (Phi) is 4.22. The van der Waals surface area contributed by atoms with Crippen LogP contribution in [-0.4, -0.2) is 10.9 Å². The molecule has 0 unspecified atom stereocenters. The van der Waals surface area contributed by atoms with E-state index in [0.717, 1.165) is 33.9 Å². The molecule has 0 radical (unpaired) electrons. The number of aromatic nitrogens is 1. The number of fused-ring (bicyclic) bond motifs is 1. The molecular weight excluding hydrogens is 358 g/mol. The third-order valence-electron chi connectivity index (χ3n) is 4.98. The van der Waals surface area contributed by atoms with Crippen molar-refractivity contribution in [3.63, 3.8) is 0 Å². The summed E-state index contributed by atoms with van der Waals surface area (Å²) in [6.07, 6.45) is 3.72. The number of rotatable bonds is 4. The van der Waals surface area contributed by atoms with Gasteiger partial charge in [0.15, 0.2) is 0 Å². The van der Waals surface area contributed by atoms with Crippen LogP contribution in [0.15, 0.2) is 91.1 Å². The van der Waals surface area contributed by atoms with Gasteiger partial charge in [-0.25, -0.2) is 0 Å². The van der Waals surface area contributed by atoms with E-state index in [1.807, 2.05) is 72.9 Å². The summed E-state index contributed by atoms with van der Waals surface area (Å²) in [7, 11) is 0. The fourth-order valence-electron chi connectivity index (χ4n) is 3.57. The van der Waals surface area contributed by atoms with Crippen molar-refractivity contribution >= 4 is 34.6 Å². The van der Waals surface area contributed by atoms with Crippen molar-refractivity contribution in [2.24, 2.45) is 0 Å². The lowest BCUT2D eigenvalue weighted by Gasteiger charge is -2.10. The average molecular weight is 377 g/mol. The Morgan fingerprint density at radius 2 is 1.59 bits per heavy atom. The molecule has 0 aliphatic carbocycles. The molecule has 3 aromatic carbocycles. The van der Waals surface area contributed by atoms with E-state index in [4.69, 9.17) is 0 Å². The van der Waals surface area contributed by atoms with Crippen LogP contribution in [0.5, 0.6) is 0 Å². The smallest absolute Gasteiger partial charge is 0.256 e. The largest absolute Gasteiger partial charge is 0.362 e. The molecule has 3 N–H and O–H groups in total. The van der Waals surface area contributed by atoms with Gasteiger partial charge in [-0.05, 0) is 59.7 Å². The van der Waals surface area contributed by atoms with Gasteiger partial charge in [0.1, 0.15) is 0 Å². The van der Waals surface area contributed by atoms with Crippen LogP contribution in [0.2, 0.25) is 0 Å². The van der Waals surface area contributed by atoms with Crippen molar-refractivity contribution in [3.05, 3.63) is 102 Å². The van der Waals surface area contributed by atoms with E-state index < -0.39 is 0 Å². The molecule has 0 bridgehead atoms. The molecule has 1 aromatic heterocycles. The summed E-state index contributed by atoms with van der Waals surface area (Å²) in [6, 6.07) is 28.4. The number of hydrogen-bond donors (Lipinski definition) is 3. The number of carbonyl (C=O) groups is 1. The molecule has 4 aromatic rings. The summed E-state index contributed by atoms with van der Waals surface area (Å²) in [6.45, 7) is 0. The van der Waals surface area contributed by atoms with Crippen molar-refractivity contribution in [1.29, 1.82) is 0 Å². The van der Waals surface area contributed by atoms with Gasteiger partial charge in [0.05, 0.1) is 5.57 Å². The molecule has 140 valence electrons. The van der Waals surface area contributed by atoms with Gasteiger partial charge in [-0.2, -0.15) is 0 Å². The molecule has 4 nitrogen and oxygen atoms in total. The van der Waals surface area contributed by atoms with Gasteiger partial charge in [0, 0.05) is 34.5 Å². The quantitative estimate of drug-likeness (QED) is 0.387. The summed E-state index contributed by atoms with van der Waals surface area (Å²) < 4.78 is 0. The Morgan fingerprint density at radius 3 is 2.41 bits per heavy atom. The predicted octanol–water partition coefficient (Wildman–Crippen LogP) is 5.92. The van der Waals surface area contributed by atoms with Crippen LogP contribution in [0.3, 0.4) is 0 Å². The van der Waals surface area contributed by atoms with Crippen LogP contribution in [0.25, 0.3) is 22.8 Å². The fraction of sp³-hybridized carbons (Fsp3) is 0. The fourth-order valence-corrected chi connectivity index (χ4v) is 3.57. The van der Waals surface area contributed by atoms with Gasteiger partial charge < -0.3 is 15.6 Å². The first-order chi connectivity index (χ1) is 14.3. The molecule has 0 atom stereocenters. The van der Waals surface area contributed by atoms with Crippen LogP contribution >= 0.6 is 0 Å². The second-order valence-electron chi connectivity index (χ2n) is 6.97. The molecule has 1 aliphatic rings. The first kappa shape index (κ1) is 17.1. The number of carbonyl (C=O) groups excluding carboxylic acids is 1. The number of amides is 1. The Bertz CT molecular complexity index is 1210. The molecule has 1 amide bonds. The van der Waals surface area contributed by atoms with E-state index >= 15 is 0 Å². The van der Waals surface area contributed by atoms with Gasteiger partial charge in [-0.15, -0.1) is 0 Å². The highest BCUT2D eigenvalue weighted by Gasteiger charge is 2.24. The molecule has 4 heteroatoms. The first-order valence-electron chi connectivity index (χ1n) is 9.50. The van der Waals surface area contributed by atoms with Crippen LogP contribution < -0.4 is 10.6 Å². The normalized spacial score (nSPS) is 13.9. The van der Waals surface area contributed by atoms with Crippen molar-refractivity contribution in [1.82, 2.24) is 4.98 Å². The summed E-state index contributed by atoms with van der Waals surface area (Å²) >= 11 is 0. The van der Waals surface area contributed by atoms with Gasteiger partial charge in [-0.3, -0.25) is 4.79 Å². The van der Waals surface area contributed by atoms with E-state index in [0.29, 0.717) is 5.57 Å². The number of hydrogen-bond acceptors (Lipinski definition) is 2. The third kappa shape index (κ3) is 3.44. The molecule has 0 fully saturated rings. The second kappa shape index (κ2) is 7.17. The molecular formula is C25H19N3O. The van der Waals surface area contributed by atoms with Crippen LogP contribution in [0, 0.1) is 0 Å². The standard InChI is InChI=1S/C25H19N3O/c29-25-23(15-19-10-5-13-26-19)22-16-21(11-12-24(22)28-25)27-20-9-4-8-18(14-20)17-6-2-1-3-7-17/h1-16,26-27H,(H,28,29). The lowest BCUT2D eigenvalue weighted by Crippen LogP contribution is -2.03. The van der Waals surface area contributed by atoms with E-state index in [1.54, 1.807) is 0 Å². The van der Waals surface area contributed by atoms with E-state index in [9.17, 15) is 4.79 Å². The minimum atomic E-state index is -0.0853. The Labute approximate surface area is 168 Å². The Hall–Kier alpha value is -4.05. The number of anilines is 3. The van der Waals surface area contributed by atoms with Crippen LogP contribution in [-0.2, 0) is 4.79 Å². The van der Waals surface area contributed by atoms with Crippen molar-refractivity contribution in [2.45, 2.75) is 0 Å². The van der Waals surface area contributed by atoms with E-state index in [1.165, 1.54) is 5.56 Å². The number of H-pyrrole nitrogens is 1. The number of nitrogens with one attached hydrogen (secondary N) is 3. The summed E-state index contributed by atoms with van der Waals surface area (Å²) in [5.41, 5.74) is 7.55. The second-order valence-corrected chi connectivity index (χ2v) is 6.97. The minimum absolute atomic E-state index is 0.0853. The SMILES string of the molecule is O=C1Nc2ccc(Nc3cccc(-c4ccccc4)c3)cc2C1=Cc1ccc[nH]1. The third-order valence-corrected chi connectivity index (χ3v) is 4.98. The molecule has 0 saturated heterocycles. The highest BCUT2D eigenvalue weighted by molar-refractivity contribution is 6.35. The van der Waals surface area contributed by atoms with Gasteiger partial charge >= 0.3 is 0 Å². The average Bonchev–Trinajstić information content (AvgIpc) is 3.37. The molecule has 2 heterocycles. The zero-order chi connectivity index (χ0) is 19.6. The predicted molar refractivity (Wildman–Crippen MR) is 119 cm³/mol. The molecule has 1 aliphatic heterocycles.